The minimum atomic E-state index is 0. The van der Waals surface area contributed by atoms with Crippen molar-refractivity contribution >= 4 is 29.2 Å². The topological polar surface area (TPSA) is 59.2 Å². The monoisotopic (exact) mass is 319 g/mol. The molecule has 2 unspecified atom stereocenters. The fourth-order valence-electron chi connectivity index (χ4n) is 3.09. The molecule has 3 rings (SSSR count). The van der Waals surface area contributed by atoms with Gasteiger partial charge in [0.2, 0.25) is 0 Å². The number of pyridine rings is 1. The molecular formula is C17H22ClN3O. The fraction of sp³-hybridized carbons (Fsp3) is 0.412. The smallest absolute Gasteiger partial charge is 0.256 e. The molecule has 1 amide bonds. The van der Waals surface area contributed by atoms with E-state index in [0.717, 1.165) is 30.4 Å². The molecule has 1 aromatic carbocycles. The lowest BCUT2D eigenvalue weighted by Gasteiger charge is -2.36. The quantitative estimate of drug-likeness (QED) is 0.926. The molecule has 2 heterocycles. The number of rotatable bonds is 2. The van der Waals surface area contributed by atoms with E-state index in [0.29, 0.717) is 23.9 Å². The summed E-state index contributed by atoms with van der Waals surface area (Å²) in [5.41, 5.74) is 7.31. The highest BCUT2D eigenvalue weighted by Crippen LogP contribution is 2.25. The average Bonchev–Trinajstić information content (AvgIpc) is 2.54. The van der Waals surface area contributed by atoms with Gasteiger partial charge in [-0.05, 0) is 36.9 Å². The maximum absolute atomic E-state index is 12.8. The molecular weight excluding hydrogens is 298 g/mol. The van der Waals surface area contributed by atoms with Crippen LogP contribution in [0.3, 0.4) is 0 Å². The van der Waals surface area contributed by atoms with Crippen molar-refractivity contribution < 1.29 is 4.79 Å². The number of piperidine rings is 1. The summed E-state index contributed by atoms with van der Waals surface area (Å²) in [5, 5.41) is 1.00. The van der Waals surface area contributed by atoms with Gasteiger partial charge in [0.05, 0.1) is 11.1 Å². The van der Waals surface area contributed by atoms with Gasteiger partial charge in [-0.1, -0.05) is 25.1 Å². The van der Waals surface area contributed by atoms with E-state index in [-0.39, 0.29) is 18.3 Å². The van der Waals surface area contributed by atoms with Gasteiger partial charge in [0, 0.05) is 24.7 Å². The molecule has 5 heteroatoms. The van der Waals surface area contributed by atoms with Crippen LogP contribution in [0.25, 0.3) is 10.9 Å². The van der Waals surface area contributed by atoms with Crippen molar-refractivity contribution in [3.63, 3.8) is 0 Å². The maximum Gasteiger partial charge on any atom is 0.256 e. The average molecular weight is 320 g/mol. The summed E-state index contributed by atoms with van der Waals surface area (Å²) in [7, 11) is 0. The Morgan fingerprint density at radius 2 is 2.14 bits per heavy atom. The predicted octanol–water partition coefficient (Wildman–Crippen LogP) is 2.71. The highest BCUT2D eigenvalue weighted by Gasteiger charge is 2.29. The normalized spacial score (nSPS) is 21.5. The SMILES string of the molecule is CC1CCN(C(=O)c2cccc3cccnc23)CC1CN.Cl. The number of halogens is 1. The van der Waals surface area contributed by atoms with Crippen LogP contribution in [0.5, 0.6) is 0 Å². The molecule has 2 N–H and O–H groups in total. The van der Waals surface area contributed by atoms with Crippen LogP contribution in [0.15, 0.2) is 36.5 Å². The Hall–Kier alpha value is -1.65. The molecule has 0 bridgehead atoms. The molecule has 0 radical (unpaired) electrons. The summed E-state index contributed by atoms with van der Waals surface area (Å²) in [4.78, 5) is 19.1. The summed E-state index contributed by atoms with van der Waals surface area (Å²) in [6.45, 7) is 4.41. The standard InChI is InChI=1S/C17H21N3O.ClH/c1-12-7-9-20(11-14(12)10-18)17(21)15-6-2-4-13-5-3-8-19-16(13)15;/h2-6,8,12,14H,7,9-11,18H2,1H3;1H. The Morgan fingerprint density at radius 3 is 2.91 bits per heavy atom. The number of hydrogen-bond donors (Lipinski definition) is 1. The molecule has 2 atom stereocenters. The zero-order valence-electron chi connectivity index (χ0n) is 12.7. The van der Waals surface area contributed by atoms with E-state index in [1.165, 1.54) is 0 Å². The highest BCUT2D eigenvalue weighted by atomic mass is 35.5. The Balaban J connectivity index is 0.00000176. The van der Waals surface area contributed by atoms with Crippen LogP contribution in [0.2, 0.25) is 0 Å². The number of hydrogen-bond acceptors (Lipinski definition) is 3. The molecule has 0 spiro atoms. The van der Waals surface area contributed by atoms with Crippen LogP contribution in [0.4, 0.5) is 0 Å². The number of aromatic nitrogens is 1. The van der Waals surface area contributed by atoms with Crippen LogP contribution in [0, 0.1) is 11.8 Å². The van der Waals surface area contributed by atoms with E-state index in [4.69, 9.17) is 5.73 Å². The molecule has 1 aliphatic rings. The summed E-state index contributed by atoms with van der Waals surface area (Å²) in [6.07, 6.45) is 2.76. The summed E-state index contributed by atoms with van der Waals surface area (Å²) in [5.74, 6) is 1.06. The minimum absolute atomic E-state index is 0. The Morgan fingerprint density at radius 1 is 1.36 bits per heavy atom. The number of amides is 1. The molecule has 1 aliphatic heterocycles. The van der Waals surface area contributed by atoms with Gasteiger partial charge in [0.25, 0.3) is 5.91 Å². The number of para-hydroxylation sites is 1. The molecule has 118 valence electrons. The number of benzene rings is 1. The van der Waals surface area contributed by atoms with Crippen molar-refractivity contribution in [1.29, 1.82) is 0 Å². The fourth-order valence-corrected chi connectivity index (χ4v) is 3.09. The minimum Gasteiger partial charge on any atom is -0.338 e. The van der Waals surface area contributed by atoms with Crippen molar-refractivity contribution in [3.8, 4) is 0 Å². The van der Waals surface area contributed by atoms with Crippen molar-refractivity contribution in [2.75, 3.05) is 19.6 Å². The zero-order chi connectivity index (χ0) is 14.8. The molecule has 4 nitrogen and oxygen atoms in total. The first kappa shape index (κ1) is 16.7. The molecule has 2 aromatic rings. The van der Waals surface area contributed by atoms with Gasteiger partial charge >= 0.3 is 0 Å². The van der Waals surface area contributed by atoms with E-state index in [1.807, 2.05) is 35.2 Å². The van der Waals surface area contributed by atoms with E-state index in [9.17, 15) is 4.79 Å². The second-order valence-electron chi connectivity index (χ2n) is 5.89. The highest BCUT2D eigenvalue weighted by molar-refractivity contribution is 6.05. The Bertz CT molecular complexity index is 656. The number of nitrogens with zero attached hydrogens (tertiary/aromatic N) is 2. The Kier molecular flexibility index (Phi) is 5.37. The summed E-state index contributed by atoms with van der Waals surface area (Å²) < 4.78 is 0. The van der Waals surface area contributed by atoms with Gasteiger partial charge in [-0.3, -0.25) is 9.78 Å². The largest absolute Gasteiger partial charge is 0.338 e. The zero-order valence-corrected chi connectivity index (χ0v) is 13.6. The lowest BCUT2D eigenvalue weighted by Crippen LogP contribution is -2.45. The van der Waals surface area contributed by atoms with Gasteiger partial charge in [0.1, 0.15) is 0 Å². The lowest BCUT2D eigenvalue weighted by molar-refractivity contribution is 0.0620. The number of fused-ring (bicyclic) bond motifs is 1. The summed E-state index contributed by atoms with van der Waals surface area (Å²) in [6, 6.07) is 9.65. The lowest BCUT2D eigenvalue weighted by atomic mass is 9.87. The van der Waals surface area contributed by atoms with Crippen LogP contribution in [0.1, 0.15) is 23.7 Å². The number of carbonyl (C=O) groups is 1. The first-order chi connectivity index (χ1) is 10.2. The second-order valence-corrected chi connectivity index (χ2v) is 5.89. The number of nitrogens with two attached hydrogens (primary N) is 1. The van der Waals surface area contributed by atoms with Crippen molar-refractivity contribution in [2.24, 2.45) is 17.6 Å². The van der Waals surface area contributed by atoms with Crippen LogP contribution in [-0.4, -0.2) is 35.4 Å². The third-order valence-corrected chi connectivity index (χ3v) is 4.57. The molecule has 22 heavy (non-hydrogen) atoms. The Labute approximate surface area is 137 Å². The first-order valence-electron chi connectivity index (χ1n) is 7.54. The van der Waals surface area contributed by atoms with Crippen LogP contribution < -0.4 is 5.73 Å². The van der Waals surface area contributed by atoms with Crippen LogP contribution >= 0.6 is 12.4 Å². The third-order valence-electron chi connectivity index (χ3n) is 4.57. The van der Waals surface area contributed by atoms with E-state index in [2.05, 4.69) is 11.9 Å². The third kappa shape index (κ3) is 3.08. The predicted molar refractivity (Wildman–Crippen MR) is 91.2 cm³/mol. The molecule has 1 aromatic heterocycles. The van der Waals surface area contributed by atoms with E-state index >= 15 is 0 Å². The van der Waals surface area contributed by atoms with E-state index < -0.39 is 0 Å². The van der Waals surface area contributed by atoms with Crippen molar-refractivity contribution in [2.45, 2.75) is 13.3 Å². The second kappa shape index (κ2) is 7.07. The molecule has 1 saturated heterocycles. The van der Waals surface area contributed by atoms with Crippen molar-refractivity contribution in [3.05, 3.63) is 42.1 Å². The van der Waals surface area contributed by atoms with Gasteiger partial charge < -0.3 is 10.6 Å². The van der Waals surface area contributed by atoms with Crippen LogP contribution in [-0.2, 0) is 0 Å². The van der Waals surface area contributed by atoms with Gasteiger partial charge in [0.15, 0.2) is 0 Å². The number of carbonyl (C=O) groups excluding carboxylic acids is 1. The first-order valence-corrected chi connectivity index (χ1v) is 7.54. The molecule has 1 fully saturated rings. The maximum atomic E-state index is 12.8. The molecule has 0 aliphatic carbocycles. The summed E-state index contributed by atoms with van der Waals surface area (Å²) >= 11 is 0. The van der Waals surface area contributed by atoms with Gasteiger partial charge in [-0.25, -0.2) is 0 Å². The van der Waals surface area contributed by atoms with Crippen molar-refractivity contribution in [1.82, 2.24) is 9.88 Å². The van der Waals surface area contributed by atoms with Gasteiger partial charge in [-0.2, -0.15) is 0 Å². The number of likely N-dealkylation sites (tertiary alicyclic amines) is 1. The van der Waals surface area contributed by atoms with Gasteiger partial charge in [-0.15, -0.1) is 12.4 Å². The molecule has 0 saturated carbocycles. The van der Waals surface area contributed by atoms with E-state index in [1.54, 1.807) is 6.20 Å².